The van der Waals surface area contributed by atoms with Crippen LogP contribution in [0.4, 0.5) is 0 Å². The predicted octanol–water partition coefficient (Wildman–Crippen LogP) is 4.83. The number of rotatable bonds is 7. The van der Waals surface area contributed by atoms with Crippen LogP contribution in [0.2, 0.25) is 5.02 Å². The zero-order valence-corrected chi connectivity index (χ0v) is 18.3. The summed E-state index contributed by atoms with van der Waals surface area (Å²) >= 11 is 6.49. The average molecular weight is 420 g/mol. The molecule has 6 heteroatoms. The standard InChI is InChI=1S/C23H30ClNO4/c1-15(2)9-20(26)16-5-6-21-18(10-16)14-25(7-8-29-21)13-17-11-22(27-3)23(28-4)12-19(17)24/h5-6,10-12,15,20,26H,7-9,13-14H2,1-4H3/t20-/m0/s1. The molecule has 29 heavy (non-hydrogen) atoms. The van der Waals surface area contributed by atoms with Gasteiger partial charge in [-0.2, -0.15) is 0 Å². The maximum Gasteiger partial charge on any atom is 0.162 e. The van der Waals surface area contributed by atoms with E-state index in [0.29, 0.717) is 35.6 Å². The van der Waals surface area contributed by atoms with E-state index >= 15 is 0 Å². The maximum absolute atomic E-state index is 10.5. The highest BCUT2D eigenvalue weighted by atomic mass is 35.5. The summed E-state index contributed by atoms with van der Waals surface area (Å²) in [5.74, 6) is 2.60. The quantitative estimate of drug-likeness (QED) is 0.696. The van der Waals surface area contributed by atoms with Crippen LogP contribution >= 0.6 is 11.6 Å². The van der Waals surface area contributed by atoms with Crippen molar-refractivity contribution in [3.05, 3.63) is 52.0 Å². The van der Waals surface area contributed by atoms with Gasteiger partial charge in [0.05, 0.1) is 20.3 Å². The molecule has 0 unspecified atom stereocenters. The summed E-state index contributed by atoms with van der Waals surface area (Å²) < 4.78 is 16.7. The summed E-state index contributed by atoms with van der Waals surface area (Å²) in [6, 6.07) is 9.72. The molecule has 1 aliphatic rings. The SMILES string of the molecule is COc1cc(Cl)c(CN2CCOc3ccc([C@@H](O)CC(C)C)cc3C2)cc1OC. The van der Waals surface area contributed by atoms with Crippen LogP contribution in [0, 0.1) is 5.92 Å². The van der Waals surface area contributed by atoms with Crippen molar-refractivity contribution < 1.29 is 19.3 Å². The van der Waals surface area contributed by atoms with Crippen molar-refractivity contribution in [2.45, 2.75) is 39.5 Å². The van der Waals surface area contributed by atoms with Gasteiger partial charge in [-0.25, -0.2) is 0 Å². The van der Waals surface area contributed by atoms with Gasteiger partial charge in [-0.1, -0.05) is 31.5 Å². The molecule has 0 radical (unpaired) electrons. The van der Waals surface area contributed by atoms with Gasteiger partial charge in [-0.15, -0.1) is 0 Å². The van der Waals surface area contributed by atoms with Gasteiger partial charge in [0.1, 0.15) is 12.4 Å². The number of aliphatic hydroxyl groups excluding tert-OH is 1. The largest absolute Gasteiger partial charge is 0.493 e. The van der Waals surface area contributed by atoms with E-state index < -0.39 is 6.10 Å². The maximum atomic E-state index is 10.5. The number of methoxy groups -OCH3 is 2. The number of halogens is 1. The molecular weight excluding hydrogens is 390 g/mol. The smallest absolute Gasteiger partial charge is 0.162 e. The lowest BCUT2D eigenvalue weighted by molar-refractivity contribution is 0.151. The third-order valence-electron chi connectivity index (χ3n) is 5.17. The number of benzene rings is 2. The first-order chi connectivity index (χ1) is 13.9. The van der Waals surface area contributed by atoms with Gasteiger partial charge in [0, 0.05) is 36.3 Å². The predicted molar refractivity (Wildman–Crippen MR) is 115 cm³/mol. The summed E-state index contributed by atoms with van der Waals surface area (Å²) in [6.45, 7) is 7.01. The van der Waals surface area contributed by atoms with Crippen molar-refractivity contribution in [2.24, 2.45) is 5.92 Å². The van der Waals surface area contributed by atoms with Crippen LogP contribution in [0.1, 0.15) is 43.1 Å². The van der Waals surface area contributed by atoms with Gasteiger partial charge < -0.3 is 19.3 Å². The van der Waals surface area contributed by atoms with Crippen molar-refractivity contribution in [3.63, 3.8) is 0 Å². The lowest BCUT2D eigenvalue weighted by Crippen LogP contribution is -2.25. The van der Waals surface area contributed by atoms with E-state index in [-0.39, 0.29) is 0 Å². The lowest BCUT2D eigenvalue weighted by atomic mass is 9.97. The van der Waals surface area contributed by atoms with Crippen molar-refractivity contribution in [1.29, 1.82) is 0 Å². The van der Waals surface area contributed by atoms with Crippen molar-refractivity contribution >= 4 is 11.6 Å². The monoisotopic (exact) mass is 419 g/mol. The molecule has 1 aliphatic heterocycles. The van der Waals surface area contributed by atoms with Crippen LogP contribution in [0.3, 0.4) is 0 Å². The number of fused-ring (bicyclic) bond motifs is 1. The number of nitrogens with zero attached hydrogens (tertiary/aromatic N) is 1. The fourth-order valence-corrected chi connectivity index (χ4v) is 3.87. The van der Waals surface area contributed by atoms with Crippen LogP contribution in [0.5, 0.6) is 17.2 Å². The first kappa shape index (κ1) is 21.8. The summed E-state index contributed by atoms with van der Waals surface area (Å²) in [7, 11) is 3.22. The molecule has 1 heterocycles. The molecule has 2 aromatic rings. The van der Waals surface area contributed by atoms with E-state index in [1.165, 1.54) is 0 Å². The van der Waals surface area contributed by atoms with E-state index in [4.69, 9.17) is 25.8 Å². The summed E-state index contributed by atoms with van der Waals surface area (Å²) in [5, 5.41) is 11.2. The van der Waals surface area contributed by atoms with Crippen molar-refractivity contribution in [2.75, 3.05) is 27.4 Å². The average Bonchev–Trinajstić information content (AvgIpc) is 2.89. The third kappa shape index (κ3) is 5.35. The highest BCUT2D eigenvalue weighted by molar-refractivity contribution is 6.31. The Morgan fingerprint density at radius 3 is 2.55 bits per heavy atom. The molecule has 2 aromatic carbocycles. The second-order valence-electron chi connectivity index (χ2n) is 7.87. The Morgan fingerprint density at radius 1 is 1.14 bits per heavy atom. The van der Waals surface area contributed by atoms with Gasteiger partial charge in [0.15, 0.2) is 11.5 Å². The second-order valence-corrected chi connectivity index (χ2v) is 8.28. The molecule has 1 atom stereocenters. The highest BCUT2D eigenvalue weighted by Crippen LogP contribution is 2.35. The van der Waals surface area contributed by atoms with Crippen molar-refractivity contribution in [3.8, 4) is 17.2 Å². The minimum absolute atomic E-state index is 0.434. The molecule has 3 rings (SSSR count). The van der Waals surface area contributed by atoms with Crippen molar-refractivity contribution in [1.82, 2.24) is 4.90 Å². The molecular formula is C23H30ClNO4. The molecule has 0 spiro atoms. The third-order valence-corrected chi connectivity index (χ3v) is 5.52. The molecule has 1 N–H and O–H groups in total. The Bertz CT molecular complexity index is 840. The molecule has 0 amide bonds. The number of hydrogen-bond acceptors (Lipinski definition) is 5. The Morgan fingerprint density at radius 2 is 1.86 bits per heavy atom. The van der Waals surface area contributed by atoms with Gasteiger partial charge >= 0.3 is 0 Å². The minimum atomic E-state index is -0.461. The van der Waals surface area contributed by atoms with E-state index in [1.54, 1.807) is 20.3 Å². The second kappa shape index (κ2) is 9.70. The molecule has 158 valence electrons. The Labute approximate surface area is 178 Å². The molecule has 0 fully saturated rings. The van der Waals surface area contributed by atoms with Gasteiger partial charge in [0.25, 0.3) is 0 Å². The van der Waals surface area contributed by atoms with Crippen LogP contribution in [-0.4, -0.2) is 37.4 Å². The van der Waals surface area contributed by atoms with E-state index in [2.05, 4.69) is 24.8 Å². The molecule has 0 aromatic heterocycles. The number of aliphatic hydroxyl groups is 1. The highest BCUT2D eigenvalue weighted by Gasteiger charge is 2.20. The fourth-order valence-electron chi connectivity index (χ4n) is 3.65. The van der Waals surface area contributed by atoms with E-state index in [1.807, 2.05) is 18.2 Å². The first-order valence-electron chi connectivity index (χ1n) is 9.97. The minimum Gasteiger partial charge on any atom is -0.493 e. The fraction of sp³-hybridized carbons (Fsp3) is 0.478. The van der Waals surface area contributed by atoms with E-state index in [0.717, 1.165) is 42.0 Å². The zero-order chi connectivity index (χ0) is 21.0. The normalized spacial score (nSPS) is 15.4. The topological polar surface area (TPSA) is 51.2 Å². The van der Waals surface area contributed by atoms with Crippen LogP contribution in [-0.2, 0) is 13.1 Å². The molecule has 0 aliphatic carbocycles. The lowest BCUT2D eigenvalue weighted by Gasteiger charge is -2.21. The molecule has 0 saturated heterocycles. The Balaban J connectivity index is 1.80. The summed E-state index contributed by atoms with van der Waals surface area (Å²) in [5.41, 5.74) is 3.00. The Hall–Kier alpha value is -1.95. The van der Waals surface area contributed by atoms with Crippen LogP contribution in [0.25, 0.3) is 0 Å². The summed E-state index contributed by atoms with van der Waals surface area (Å²) in [6.07, 6.45) is 0.280. The number of hydrogen-bond donors (Lipinski definition) is 1. The van der Waals surface area contributed by atoms with E-state index in [9.17, 15) is 5.11 Å². The summed E-state index contributed by atoms with van der Waals surface area (Å²) in [4.78, 5) is 2.29. The van der Waals surface area contributed by atoms with Gasteiger partial charge in [0.2, 0.25) is 0 Å². The van der Waals surface area contributed by atoms with Crippen LogP contribution < -0.4 is 14.2 Å². The van der Waals surface area contributed by atoms with Crippen LogP contribution in [0.15, 0.2) is 30.3 Å². The molecule has 0 saturated carbocycles. The molecule has 5 nitrogen and oxygen atoms in total. The molecule has 0 bridgehead atoms. The first-order valence-corrected chi connectivity index (χ1v) is 10.4. The zero-order valence-electron chi connectivity index (χ0n) is 17.6. The van der Waals surface area contributed by atoms with Gasteiger partial charge in [-0.05, 0) is 41.7 Å². The van der Waals surface area contributed by atoms with Gasteiger partial charge in [-0.3, -0.25) is 4.90 Å². The number of ether oxygens (including phenoxy) is 3. The Kier molecular flexibility index (Phi) is 7.28.